The van der Waals surface area contributed by atoms with E-state index in [0.717, 1.165) is 11.1 Å². The van der Waals surface area contributed by atoms with Crippen molar-refractivity contribution in [1.29, 1.82) is 0 Å². The van der Waals surface area contributed by atoms with E-state index < -0.39 is 0 Å². The second-order valence-corrected chi connectivity index (χ2v) is 7.45. The Labute approximate surface area is 160 Å². The van der Waals surface area contributed by atoms with Gasteiger partial charge in [0.25, 0.3) is 5.91 Å². The van der Waals surface area contributed by atoms with E-state index in [-0.39, 0.29) is 24.1 Å². The van der Waals surface area contributed by atoms with Gasteiger partial charge in [0.1, 0.15) is 16.6 Å². The highest BCUT2D eigenvalue weighted by Gasteiger charge is 2.33. The summed E-state index contributed by atoms with van der Waals surface area (Å²) in [4.78, 5) is 26.5. The summed E-state index contributed by atoms with van der Waals surface area (Å²) in [5.41, 5.74) is 2.49. The third-order valence-corrected chi connectivity index (χ3v) is 5.06. The molecule has 5 nitrogen and oxygen atoms in total. The van der Waals surface area contributed by atoms with Crippen LogP contribution in [0, 0.1) is 6.92 Å². The van der Waals surface area contributed by atoms with E-state index in [4.69, 9.17) is 12.2 Å². The maximum Gasteiger partial charge on any atom is 0.266 e. The molecule has 2 aromatic rings. The molecule has 0 saturated carbocycles. The average molecular weight is 384 g/mol. The fourth-order valence-corrected chi connectivity index (χ4v) is 3.63. The molecule has 3 rings (SSSR count). The Morgan fingerprint density at radius 2 is 2.00 bits per heavy atom. The SMILES string of the molecule is Cc1ccc(/C=C2\SC(=S)N(CC(=O)Nc3cccc(O)c3)C2=O)cc1. The lowest BCUT2D eigenvalue weighted by molar-refractivity contribution is -0.126. The molecule has 7 heteroatoms. The van der Waals surface area contributed by atoms with Gasteiger partial charge in [-0.2, -0.15) is 0 Å². The Bertz CT molecular complexity index is 907. The first kappa shape index (κ1) is 18.2. The Morgan fingerprint density at radius 1 is 1.27 bits per heavy atom. The molecule has 2 amide bonds. The number of thiocarbonyl (C=S) groups is 1. The molecule has 0 spiro atoms. The number of phenols is 1. The van der Waals surface area contributed by atoms with Crippen LogP contribution in [-0.4, -0.2) is 32.7 Å². The molecule has 1 aliphatic heterocycles. The molecule has 0 bridgehead atoms. The average Bonchev–Trinajstić information content (AvgIpc) is 2.84. The number of nitrogens with one attached hydrogen (secondary N) is 1. The zero-order valence-corrected chi connectivity index (χ0v) is 15.6. The summed E-state index contributed by atoms with van der Waals surface area (Å²) in [6, 6.07) is 14.0. The van der Waals surface area contributed by atoms with Gasteiger partial charge in [0.2, 0.25) is 5.91 Å². The van der Waals surface area contributed by atoms with Crippen LogP contribution in [0.15, 0.2) is 53.4 Å². The van der Waals surface area contributed by atoms with Crippen LogP contribution >= 0.6 is 24.0 Å². The summed E-state index contributed by atoms with van der Waals surface area (Å²) in [7, 11) is 0. The lowest BCUT2D eigenvalue weighted by Crippen LogP contribution is -2.36. The highest BCUT2D eigenvalue weighted by Crippen LogP contribution is 2.32. The molecule has 0 radical (unpaired) electrons. The Balaban J connectivity index is 1.69. The second-order valence-electron chi connectivity index (χ2n) is 5.78. The minimum absolute atomic E-state index is 0.0504. The Morgan fingerprint density at radius 3 is 2.69 bits per heavy atom. The fourth-order valence-electron chi connectivity index (χ4n) is 2.38. The molecule has 2 aromatic carbocycles. The van der Waals surface area contributed by atoms with Crippen molar-refractivity contribution in [2.24, 2.45) is 0 Å². The van der Waals surface area contributed by atoms with Crippen molar-refractivity contribution in [2.75, 3.05) is 11.9 Å². The molecule has 1 saturated heterocycles. The van der Waals surface area contributed by atoms with E-state index in [1.54, 1.807) is 18.2 Å². The highest BCUT2D eigenvalue weighted by molar-refractivity contribution is 8.26. The standard InChI is InChI=1S/C19H16N2O3S2/c1-12-5-7-13(8-6-12)9-16-18(24)21(19(25)26-16)11-17(23)20-14-3-2-4-15(22)10-14/h2-10,22H,11H2,1H3,(H,20,23)/b16-9-. The second kappa shape index (κ2) is 7.72. The normalized spacial score (nSPS) is 15.6. The fraction of sp³-hybridized carbons (Fsp3) is 0.105. The van der Waals surface area contributed by atoms with Crippen molar-refractivity contribution in [3.8, 4) is 5.75 Å². The van der Waals surface area contributed by atoms with Crippen molar-refractivity contribution in [1.82, 2.24) is 4.90 Å². The number of rotatable bonds is 4. The largest absolute Gasteiger partial charge is 0.508 e. The number of aryl methyl sites for hydroxylation is 1. The molecule has 0 atom stereocenters. The number of hydrogen-bond donors (Lipinski definition) is 2. The van der Waals surface area contributed by atoms with Gasteiger partial charge < -0.3 is 10.4 Å². The summed E-state index contributed by atoms with van der Waals surface area (Å²) in [5, 5.41) is 12.1. The molecule has 1 aliphatic rings. The van der Waals surface area contributed by atoms with Crippen LogP contribution in [0.25, 0.3) is 6.08 Å². The summed E-state index contributed by atoms with van der Waals surface area (Å²) in [5.74, 6) is -0.621. The van der Waals surface area contributed by atoms with Gasteiger partial charge >= 0.3 is 0 Å². The molecule has 0 aromatic heterocycles. The first-order valence-corrected chi connectivity index (χ1v) is 9.06. The monoisotopic (exact) mass is 384 g/mol. The number of carbonyl (C=O) groups excluding carboxylic acids is 2. The lowest BCUT2D eigenvalue weighted by atomic mass is 10.1. The van der Waals surface area contributed by atoms with Crippen LogP contribution in [0.4, 0.5) is 5.69 Å². The Kier molecular flexibility index (Phi) is 5.39. The molecule has 1 heterocycles. The van der Waals surface area contributed by atoms with Crippen LogP contribution in [-0.2, 0) is 9.59 Å². The van der Waals surface area contributed by atoms with E-state index in [9.17, 15) is 14.7 Å². The predicted molar refractivity (Wildman–Crippen MR) is 108 cm³/mol. The van der Waals surface area contributed by atoms with Gasteiger partial charge in [-0.15, -0.1) is 0 Å². The number of nitrogens with zero attached hydrogens (tertiary/aromatic N) is 1. The highest BCUT2D eigenvalue weighted by atomic mass is 32.2. The molecular formula is C19H16N2O3S2. The van der Waals surface area contributed by atoms with Gasteiger partial charge in [-0.3, -0.25) is 14.5 Å². The van der Waals surface area contributed by atoms with E-state index in [2.05, 4.69) is 5.32 Å². The van der Waals surface area contributed by atoms with Crippen LogP contribution < -0.4 is 5.32 Å². The molecule has 0 unspecified atom stereocenters. The Hall–Kier alpha value is -2.64. The van der Waals surface area contributed by atoms with Gasteiger partial charge in [0.05, 0.1) is 4.91 Å². The molecule has 2 N–H and O–H groups in total. The quantitative estimate of drug-likeness (QED) is 0.623. The zero-order valence-electron chi connectivity index (χ0n) is 13.9. The van der Waals surface area contributed by atoms with Gasteiger partial charge in [-0.05, 0) is 30.7 Å². The predicted octanol–water partition coefficient (Wildman–Crippen LogP) is 3.54. The first-order valence-electron chi connectivity index (χ1n) is 7.83. The number of benzene rings is 2. The minimum atomic E-state index is -0.386. The topological polar surface area (TPSA) is 69.6 Å². The number of aromatic hydroxyl groups is 1. The zero-order chi connectivity index (χ0) is 18.7. The van der Waals surface area contributed by atoms with Crippen molar-refractivity contribution in [3.05, 3.63) is 64.6 Å². The third-order valence-electron chi connectivity index (χ3n) is 3.68. The van der Waals surface area contributed by atoms with E-state index in [1.807, 2.05) is 31.2 Å². The van der Waals surface area contributed by atoms with Gasteiger partial charge in [-0.25, -0.2) is 0 Å². The van der Waals surface area contributed by atoms with Crippen LogP contribution in [0.1, 0.15) is 11.1 Å². The maximum atomic E-state index is 12.6. The van der Waals surface area contributed by atoms with Gasteiger partial charge in [0.15, 0.2) is 0 Å². The van der Waals surface area contributed by atoms with Crippen LogP contribution in [0.3, 0.4) is 0 Å². The number of anilines is 1. The van der Waals surface area contributed by atoms with Crippen molar-refractivity contribution < 1.29 is 14.7 Å². The van der Waals surface area contributed by atoms with Gasteiger partial charge in [0, 0.05) is 11.8 Å². The maximum absolute atomic E-state index is 12.6. The van der Waals surface area contributed by atoms with Gasteiger partial charge in [-0.1, -0.05) is 59.9 Å². The van der Waals surface area contributed by atoms with Crippen LogP contribution in [0.5, 0.6) is 5.75 Å². The molecule has 0 aliphatic carbocycles. The molecule has 132 valence electrons. The van der Waals surface area contributed by atoms with E-state index in [1.165, 1.54) is 28.8 Å². The summed E-state index contributed by atoms with van der Waals surface area (Å²) < 4.78 is 0.347. The molecular weight excluding hydrogens is 368 g/mol. The van der Waals surface area contributed by atoms with Crippen LogP contribution in [0.2, 0.25) is 0 Å². The summed E-state index contributed by atoms with van der Waals surface area (Å²) in [6.45, 7) is 1.82. The summed E-state index contributed by atoms with van der Waals surface area (Å²) >= 11 is 6.42. The number of hydrogen-bond acceptors (Lipinski definition) is 5. The molecule has 26 heavy (non-hydrogen) atoms. The number of carbonyl (C=O) groups is 2. The van der Waals surface area contributed by atoms with Crippen molar-refractivity contribution in [3.63, 3.8) is 0 Å². The van der Waals surface area contributed by atoms with E-state index in [0.29, 0.717) is 14.9 Å². The number of phenolic OH excluding ortho intramolecular Hbond substituents is 1. The van der Waals surface area contributed by atoms with E-state index >= 15 is 0 Å². The smallest absolute Gasteiger partial charge is 0.266 e. The van der Waals surface area contributed by atoms with Crippen molar-refractivity contribution >= 4 is 51.9 Å². The lowest BCUT2D eigenvalue weighted by Gasteiger charge is -2.14. The minimum Gasteiger partial charge on any atom is -0.508 e. The summed E-state index contributed by atoms with van der Waals surface area (Å²) in [6.07, 6.45) is 1.77. The number of thioether (sulfide) groups is 1. The molecule has 1 fully saturated rings. The van der Waals surface area contributed by atoms with Crippen molar-refractivity contribution in [2.45, 2.75) is 6.92 Å². The number of amides is 2. The third kappa shape index (κ3) is 4.30. The first-order chi connectivity index (χ1) is 12.4.